The van der Waals surface area contributed by atoms with E-state index in [9.17, 15) is 0 Å². The maximum absolute atomic E-state index is 4.85. The lowest BCUT2D eigenvalue weighted by atomic mass is 10.3. The average molecular weight is 153 g/mol. The van der Waals surface area contributed by atoms with Crippen LogP contribution < -0.4 is 10.7 Å². The van der Waals surface area contributed by atoms with Crippen molar-refractivity contribution in [3.05, 3.63) is 30.3 Å². The monoisotopic (exact) mass is 153 g/mol. The predicted octanol–water partition coefficient (Wildman–Crippen LogP) is 2.36. The highest BCUT2D eigenvalue weighted by atomic mass is 16.6. The fraction of sp³-hybridized carbons (Fsp3) is 0.333. The Morgan fingerprint density at radius 1 is 1.18 bits per heavy atom. The van der Waals surface area contributed by atoms with Gasteiger partial charge < -0.3 is 4.84 Å². The molecule has 11 heavy (non-hydrogen) atoms. The van der Waals surface area contributed by atoms with Crippen molar-refractivity contribution in [2.75, 3.05) is 0 Å². The molecule has 1 aromatic rings. The lowest BCUT2D eigenvalue weighted by molar-refractivity contribution is 0.334. The van der Waals surface area contributed by atoms with Crippen molar-refractivity contribution in [1.29, 1.82) is 0 Å². The van der Waals surface area contributed by atoms with Crippen LogP contribution in [0.15, 0.2) is 30.3 Å². The van der Waals surface area contributed by atoms with Gasteiger partial charge in [-0.05, 0) is 12.1 Å². The third kappa shape index (κ3) is 5.43. The Morgan fingerprint density at radius 3 is 1.91 bits per heavy atom. The van der Waals surface area contributed by atoms with Crippen LogP contribution >= 0.6 is 0 Å². The summed E-state index contributed by atoms with van der Waals surface area (Å²) in [7, 11) is 0. The SMILES string of the molecule is CCC.NOc1ccccc1. The first-order chi connectivity index (χ1) is 5.35. The first kappa shape index (κ1) is 9.98. The second-order valence-corrected chi connectivity index (χ2v) is 2.14. The molecule has 0 saturated heterocycles. The Labute approximate surface area is 67.9 Å². The van der Waals surface area contributed by atoms with Crippen molar-refractivity contribution in [2.24, 2.45) is 5.90 Å². The van der Waals surface area contributed by atoms with E-state index in [4.69, 9.17) is 5.90 Å². The van der Waals surface area contributed by atoms with Gasteiger partial charge in [0.15, 0.2) is 0 Å². The molecule has 2 heteroatoms. The highest BCUT2D eigenvalue weighted by molar-refractivity contribution is 5.20. The number of para-hydroxylation sites is 1. The lowest BCUT2D eigenvalue weighted by Crippen LogP contribution is -2.00. The molecule has 0 saturated carbocycles. The molecule has 0 aliphatic heterocycles. The minimum absolute atomic E-state index is 0.688. The molecule has 0 heterocycles. The Morgan fingerprint density at radius 2 is 1.64 bits per heavy atom. The molecule has 62 valence electrons. The first-order valence-corrected chi connectivity index (χ1v) is 3.76. The molecule has 1 rings (SSSR count). The summed E-state index contributed by atoms with van der Waals surface area (Å²) in [5.74, 6) is 5.54. The average Bonchev–Trinajstić information content (AvgIpc) is 2.08. The van der Waals surface area contributed by atoms with Gasteiger partial charge in [-0.2, -0.15) is 5.90 Å². The number of rotatable bonds is 1. The number of hydrogen-bond donors (Lipinski definition) is 1. The van der Waals surface area contributed by atoms with E-state index in [0.717, 1.165) is 0 Å². The molecule has 0 aromatic heterocycles. The molecule has 2 N–H and O–H groups in total. The zero-order valence-electron chi connectivity index (χ0n) is 7.08. The first-order valence-electron chi connectivity index (χ1n) is 3.76. The zero-order chi connectivity index (χ0) is 8.53. The molecule has 0 bridgehead atoms. The molecule has 0 spiro atoms. The highest BCUT2D eigenvalue weighted by Crippen LogP contribution is 2.04. The van der Waals surface area contributed by atoms with E-state index in [-0.39, 0.29) is 0 Å². The van der Waals surface area contributed by atoms with Gasteiger partial charge in [-0.3, -0.25) is 0 Å². The zero-order valence-corrected chi connectivity index (χ0v) is 7.08. The minimum Gasteiger partial charge on any atom is -0.412 e. The van der Waals surface area contributed by atoms with E-state index in [1.165, 1.54) is 6.42 Å². The molecule has 0 unspecified atom stereocenters. The topological polar surface area (TPSA) is 35.2 Å². The van der Waals surface area contributed by atoms with Crippen LogP contribution in [0, 0.1) is 0 Å². The summed E-state index contributed by atoms with van der Waals surface area (Å²) >= 11 is 0. The van der Waals surface area contributed by atoms with E-state index < -0.39 is 0 Å². The molecular formula is C9H15NO. The largest absolute Gasteiger partial charge is 0.412 e. The van der Waals surface area contributed by atoms with Gasteiger partial charge in [0.1, 0.15) is 5.75 Å². The summed E-state index contributed by atoms with van der Waals surface area (Å²) in [6.07, 6.45) is 1.25. The van der Waals surface area contributed by atoms with Gasteiger partial charge in [0.05, 0.1) is 0 Å². The van der Waals surface area contributed by atoms with Crippen molar-refractivity contribution in [2.45, 2.75) is 20.3 Å². The smallest absolute Gasteiger partial charge is 0.146 e. The van der Waals surface area contributed by atoms with Crippen LogP contribution in [0.2, 0.25) is 0 Å². The van der Waals surface area contributed by atoms with E-state index in [1.54, 1.807) is 12.1 Å². The van der Waals surface area contributed by atoms with Gasteiger partial charge in [-0.25, -0.2) is 0 Å². The van der Waals surface area contributed by atoms with Gasteiger partial charge in [-0.15, -0.1) is 0 Å². The maximum Gasteiger partial charge on any atom is 0.146 e. The molecule has 0 radical (unpaired) electrons. The number of nitrogens with two attached hydrogens (primary N) is 1. The molecule has 2 nitrogen and oxygen atoms in total. The van der Waals surface area contributed by atoms with Crippen molar-refractivity contribution in [1.82, 2.24) is 0 Å². The predicted molar refractivity (Wildman–Crippen MR) is 47.2 cm³/mol. The van der Waals surface area contributed by atoms with Crippen molar-refractivity contribution >= 4 is 0 Å². The highest BCUT2D eigenvalue weighted by Gasteiger charge is 1.81. The Bertz CT molecular complexity index is 162. The van der Waals surface area contributed by atoms with Gasteiger partial charge in [-0.1, -0.05) is 38.5 Å². The molecule has 0 atom stereocenters. The third-order valence-electron chi connectivity index (χ3n) is 0.879. The Balaban J connectivity index is 0.000000292. The van der Waals surface area contributed by atoms with E-state index in [2.05, 4.69) is 18.7 Å². The maximum atomic E-state index is 4.85. The van der Waals surface area contributed by atoms with Crippen LogP contribution in [0.1, 0.15) is 20.3 Å². The van der Waals surface area contributed by atoms with Gasteiger partial charge >= 0.3 is 0 Å². The van der Waals surface area contributed by atoms with E-state index in [1.807, 2.05) is 18.2 Å². The molecule has 0 aliphatic rings. The molecule has 1 aromatic carbocycles. The van der Waals surface area contributed by atoms with Crippen molar-refractivity contribution in [3.63, 3.8) is 0 Å². The quantitative estimate of drug-likeness (QED) is 0.628. The Hall–Kier alpha value is -1.02. The van der Waals surface area contributed by atoms with Crippen LogP contribution in [-0.4, -0.2) is 0 Å². The van der Waals surface area contributed by atoms with Crippen LogP contribution in [0.5, 0.6) is 5.75 Å². The van der Waals surface area contributed by atoms with Crippen LogP contribution in [-0.2, 0) is 0 Å². The summed E-state index contributed by atoms with van der Waals surface area (Å²) in [5.41, 5.74) is 0. The summed E-state index contributed by atoms with van der Waals surface area (Å²) in [6.45, 7) is 4.25. The van der Waals surface area contributed by atoms with Gasteiger partial charge in [0, 0.05) is 0 Å². The summed E-state index contributed by atoms with van der Waals surface area (Å²) in [5, 5.41) is 0. The summed E-state index contributed by atoms with van der Waals surface area (Å²) in [6, 6.07) is 9.22. The normalized spacial score (nSPS) is 7.91. The fourth-order valence-electron chi connectivity index (χ4n) is 0.499. The van der Waals surface area contributed by atoms with Gasteiger partial charge in [0.2, 0.25) is 0 Å². The second kappa shape index (κ2) is 7.09. The molecule has 0 amide bonds. The Kier molecular flexibility index (Phi) is 6.43. The number of hydrogen-bond acceptors (Lipinski definition) is 2. The molecule has 0 fully saturated rings. The summed E-state index contributed by atoms with van der Waals surface area (Å²) in [4.78, 5) is 4.41. The van der Waals surface area contributed by atoms with Crippen LogP contribution in [0.25, 0.3) is 0 Å². The van der Waals surface area contributed by atoms with Crippen molar-refractivity contribution < 1.29 is 4.84 Å². The standard InChI is InChI=1S/C6H7NO.C3H8/c7-8-6-4-2-1-3-5-6;1-3-2/h1-5H,7H2;3H2,1-2H3. The third-order valence-corrected chi connectivity index (χ3v) is 0.879. The second-order valence-electron chi connectivity index (χ2n) is 2.14. The van der Waals surface area contributed by atoms with Gasteiger partial charge in [0.25, 0.3) is 0 Å². The van der Waals surface area contributed by atoms with Crippen LogP contribution in [0.4, 0.5) is 0 Å². The van der Waals surface area contributed by atoms with E-state index >= 15 is 0 Å². The molecular weight excluding hydrogens is 138 g/mol. The fourth-order valence-corrected chi connectivity index (χ4v) is 0.499. The minimum atomic E-state index is 0.688. The van der Waals surface area contributed by atoms with Crippen LogP contribution in [0.3, 0.4) is 0 Å². The lowest BCUT2D eigenvalue weighted by Gasteiger charge is -1.92. The number of benzene rings is 1. The summed E-state index contributed by atoms with van der Waals surface area (Å²) < 4.78 is 0. The van der Waals surface area contributed by atoms with Crippen molar-refractivity contribution in [3.8, 4) is 5.75 Å². The molecule has 0 aliphatic carbocycles. The van der Waals surface area contributed by atoms with E-state index in [0.29, 0.717) is 5.75 Å².